The highest BCUT2D eigenvalue weighted by Crippen LogP contribution is 2.11. The van der Waals surface area contributed by atoms with E-state index in [1.807, 2.05) is 0 Å². The maximum atomic E-state index is 12.1. The zero-order valence-corrected chi connectivity index (χ0v) is 14.0. The van der Waals surface area contributed by atoms with Gasteiger partial charge in [0, 0.05) is 18.6 Å². The average molecular weight is 369 g/mol. The molecule has 0 atom stereocenters. The SMILES string of the molecule is O=C(O)c1ccc(OCCNC(=O)c2cnc(-n3cccn3)[nH]c2=O)cc1. The number of aromatic nitrogens is 4. The third-order valence-electron chi connectivity index (χ3n) is 3.51. The summed E-state index contributed by atoms with van der Waals surface area (Å²) in [6, 6.07) is 7.56. The normalized spacial score (nSPS) is 10.4. The quantitative estimate of drug-likeness (QED) is 0.514. The van der Waals surface area contributed by atoms with Crippen LogP contribution in [-0.2, 0) is 0 Å². The van der Waals surface area contributed by atoms with E-state index in [0.717, 1.165) is 0 Å². The van der Waals surface area contributed by atoms with Crippen molar-refractivity contribution in [2.45, 2.75) is 0 Å². The molecule has 0 radical (unpaired) electrons. The van der Waals surface area contributed by atoms with Gasteiger partial charge in [-0.3, -0.25) is 14.6 Å². The van der Waals surface area contributed by atoms with Crippen molar-refractivity contribution in [2.24, 2.45) is 0 Å². The summed E-state index contributed by atoms with van der Waals surface area (Å²) >= 11 is 0. The van der Waals surface area contributed by atoms with Gasteiger partial charge in [0.05, 0.1) is 12.1 Å². The summed E-state index contributed by atoms with van der Waals surface area (Å²) < 4.78 is 6.77. The van der Waals surface area contributed by atoms with Crippen LogP contribution in [0.3, 0.4) is 0 Å². The highest BCUT2D eigenvalue weighted by molar-refractivity contribution is 5.93. The molecule has 3 rings (SSSR count). The predicted molar refractivity (Wildman–Crippen MR) is 93.2 cm³/mol. The number of hydrogen-bond acceptors (Lipinski definition) is 6. The van der Waals surface area contributed by atoms with Gasteiger partial charge in [0.15, 0.2) is 0 Å². The number of carbonyl (C=O) groups is 2. The zero-order chi connectivity index (χ0) is 19.2. The number of carbonyl (C=O) groups excluding carboxylic acids is 1. The standard InChI is InChI=1S/C17H15N5O5/c23-14(13-10-19-17(21-15(13)24)22-8-1-6-20-22)18-7-9-27-12-4-2-11(3-5-12)16(25)26/h1-6,8,10H,7,9H2,(H,18,23)(H,25,26)(H,19,21,24). The van der Waals surface area contributed by atoms with Crippen LogP contribution in [0.2, 0.25) is 0 Å². The van der Waals surface area contributed by atoms with Gasteiger partial charge in [-0.05, 0) is 30.3 Å². The maximum Gasteiger partial charge on any atom is 0.335 e. The number of rotatable bonds is 7. The van der Waals surface area contributed by atoms with Crippen molar-refractivity contribution in [1.29, 1.82) is 0 Å². The number of carboxylic acid groups (broad SMARTS) is 1. The zero-order valence-electron chi connectivity index (χ0n) is 14.0. The Morgan fingerprint density at radius 1 is 1.26 bits per heavy atom. The van der Waals surface area contributed by atoms with Crippen molar-refractivity contribution in [3.63, 3.8) is 0 Å². The lowest BCUT2D eigenvalue weighted by atomic mass is 10.2. The number of ether oxygens (including phenoxy) is 1. The van der Waals surface area contributed by atoms with Gasteiger partial charge in [0.25, 0.3) is 11.5 Å². The first-order valence-corrected chi connectivity index (χ1v) is 7.88. The van der Waals surface area contributed by atoms with Gasteiger partial charge >= 0.3 is 5.97 Å². The molecule has 10 heteroatoms. The number of aromatic amines is 1. The number of aromatic carboxylic acids is 1. The van der Waals surface area contributed by atoms with Gasteiger partial charge in [0.2, 0.25) is 5.95 Å². The molecule has 2 heterocycles. The third kappa shape index (κ3) is 4.37. The van der Waals surface area contributed by atoms with Crippen molar-refractivity contribution in [1.82, 2.24) is 25.1 Å². The Labute approximate surface area is 152 Å². The number of nitrogens with one attached hydrogen (secondary N) is 2. The van der Waals surface area contributed by atoms with Crippen LogP contribution in [0.25, 0.3) is 5.95 Å². The molecule has 0 saturated carbocycles. The lowest BCUT2D eigenvalue weighted by Gasteiger charge is -2.08. The van der Waals surface area contributed by atoms with E-state index in [2.05, 4.69) is 20.4 Å². The molecule has 0 aliphatic rings. The molecular weight excluding hydrogens is 354 g/mol. The predicted octanol–water partition coefficient (Wildman–Crippen LogP) is 0.463. The van der Waals surface area contributed by atoms with Gasteiger partial charge in [0.1, 0.15) is 17.9 Å². The topological polar surface area (TPSA) is 139 Å². The molecule has 0 aliphatic carbocycles. The second kappa shape index (κ2) is 7.95. The third-order valence-corrected chi connectivity index (χ3v) is 3.51. The molecule has 10 nitrogen and oxygen atoms in total. The number of amides is 1. The molecule has 0 aliphatic heterocycles. The first kappa shape index (κ1) is 17.9. The van der Waals surface area contributed by atoms with Gasteiger partial charge in [-0.25, -0.2) is 14.5 Å². The molecule has 3 aromatic rings. The van der Waals surface area contributed by atoms with Gasteiger partial charge < -0.3 is 15.2 Å². The first-order valence-electron chi connectivity index (χ1n) is 7.88. The minimum atomic E-state index is -1.02. The molecule has 138 valence electrons. The second-order valence-electron chi connectivity index (χ2n) is 5.33. The Balaban J connectivity index is 1.52. The largest absolute Gasteiger partial charge is 0.492 e. The summed E-state index contributed by atoms with van der Waals surface area (Å²) in [5.74, 6) is -0.932. The fourth-order valence-electron chi connectivity index (χ4n) is 2.18. The van der Waals surface area contributed by atoms with E-state index >= 15 is 0 Å². The second-order valence-corrected chi connectivity index (χ2v) is 5.33. The summed E-state index contributed by atoms with van der Waals surface area (Å²) in [7, 11) is 0. The fourth-order valence-corrected chi connectivity index (χ4v) is 2.18. The van der Waals surface area contributed by atoms with Crippen molar-refractivity contribution >= 4 is 11.9 Å². The molecule has 3 N–H and O–H groups in total. The molecule has 0 fully saturated rings. The highest BCUT2D eigenvalue weighted by Gasteiger charge is 2.12. The Bertz CT molecular complexity index is 995. The Kier molecular flexibility index (Phi) is 5.26. The van der Waals surface area contributed by atoms with E-state index in [9.17, 15) is 14.4 Å². The number of nitrogens with zero attached hydrogens (tertiary/aromatic N) is 3. The van der Waals surface area contributed by atoms with E-state index in [-0.39, 0.29) is 30.2 Å². The molecule has 1 aromatic carbocycles. The number of hydrogen-bond donors (Lipinski definition) is 3. The van der Waals surface area contributed by atoms with Crippen LogP contribution in [0.4, 0.5) is 0 Å². The number of H-pyrrole nitrogens is 1. The van der Waals surface area contributed by atoms with E-state index < -0.39 is 17.4 Å². The number of carboxylic acids is 1. The van der Waals surface area contributed by atoms with E-state index in [4.69, 9.17) is 9.84 Å². The Hall–Kier alpha value is -3.95. The van der Waals surface area contributed by atoms with Crippen LogP contribution in [0.1, 0.15) is 20.7 Å². The lowest BCUT2D eigenvalue weighted by molar-refractivity contribution is 0.0696. The number of benzene rings is 1. The first-order chi connectivity index (χ1) is 13.0. The molecule has 0 spiro atoms. The van der Waals surface area contributed by atoms with E-state index in [1.165, 1.54) is 41.3 Å². The maximum absolute atomic E-state index is 12.1. The van der Waals surface area contributed by atoms with Crippen molar-refractivity contribution in [3.05, 3.63) is 70.4 Å². The van der Waals surface area contributed by atoms with Crippen molar-refractivity contribution in [2.75, 3.05) is 13.2 Å². The van der Waals surface area contributed by atoms with Crippen LogP contribution in [0.15, 0.2) is 53.7 Å². The smallest absolute Gasteiger partial charge is 0.335 e. The molecule has 0 saturated heterocycles. The molecule has 0 bridgehead atoms. The monoisotopic (exact) mass is 369 g/mol. The minimum Gasteiger partial charge on any atom is -0.492 e. The Morgan fingerprint density at radius 3 is 2.67 bits per heavy atom. The molecule has 1 amide bonds. The van der Waals surface area contributed by atoms with E-state index in [1.54, 1.807) is 12.3 Å². The molecule has 2 aromatic heterocycles. The van der Waals surface area contributed by atoms with Crippen LogP contribution in [-0.4, -0.2) is 49.9 Å². The Morgan fingerprint density at radius 2 is 2.04 bits per heavy atom. The van der Waals surface area contributed by atoms with Crippen LogP contribution >= 0.6 is 0 Å². The highest BCUT2D eigenvalue weighted by atomic mass is 16.5. The summed E-state index contributed by atoms with van der Waals surface area (Å²) in [4.78, 5) is 41.4. The van der Waals surface area contributed by atoms with Gasteiger partial charge in [-0.1, -0.05) is 0 Å². The summed E-state index contributed by atoms with van der Waals surface area (Å²) in [5.41, 5.74) is -0.559. The lowest BCUT2D eigenvalue weighted by Crippen LogP contribution is -2.33. The van der Waals surface area contributed by atoms with Gasteiger partial charge in [-0.2, -0.15) is 5.10 Å². The summed E-state index contributed by atoms with van der Waals surface area (Å²) in [5, 5.41) is 15.3. The fraction of sp³-hybridized carbons (Fsp3) is 0.118. The minimum absolute atomic E-state index is 0.128. The van der Waals surface area contributed by atoms with E-state index in [0.29, 0.717) is 5.75 Å². The van der Waals surface area contributed by atoms with Crippen LogP contribution < -0.4 is 15.6 Å². The van der Waals surface area contributed by atoms with Crippen molar-refractivity contribution in [3.8, 4) is 11.7 Å². The molecule has 27 heavy (non-hydrogen) atoms. The summed E-state index contributed by atoms with van der Waals surface area (Å²) in [6.45, 7) is 0.300. The van der Waals surface area contributed by atoms with Crippen molar-refractivity contribution < 1.29 is 19.4 Å². The molecular formula is C17H15N5O5. The average Bonchev–Trinajstić information content (AvgIpc) is 3.20. The van der Waals surface area contributed by atoms with Crippen LogP contribution in [0, 0.1) is 0 Å². The summed E-state index contributed by atoms with van der Waals surface area (Å²) in [6.07, 6.45) is 4.32. The van der Waals surface area contributed by atoms with Gasteiger partial charge in [-0.15, -0.1) is 0 Å². The van der Waals surface area contributed by atoms with Crippen LogP contribution in [0.5, 0.6) is 5.75 Å². The molecule has 0 unspecified atom stereocenters.